The van der Waals surface area contributed by atoms with Crippen molar-refractivity contribution in [3.05, 3.63) is 58.3 Å². The van der Waals surface area contributed by atoms with Crippen LogP contribution >= 0.6 is 0 Å². The van der Waals surface area contributed by atoms with Crippen LogP contribution in [-0.4, -0.2) is 24.4 Å². The smallest absolute Gasteiger partial charge is 0.292 e. The van der Waals surface area contributed by atoms with Crippen molar-refractivity contribution in [1.29, 1.82) is 0 Å². The molecule has 2 N–H and O–H groups in total. The number of aryl methyl sites for hydroxylation is 1. The number of hydrogen-bond acceptors (Lipinski definition) is 6. The van der Waals surface area contributed by atoms with Gasteiger partial charge in [-0.05, 0) is 25.1 Å². The first-order chi connectivity index (χ1) is 10.8. The van der Waals surface area contributed by atoms with E-state index in [2.05, 4.69) is 10.3 Å². The van der Waals surface area contributed by atoms with E-state index >= 15 is 0 Å². The van der Waals surface area contributed by atoms with Gasteiger partial charge in [0.05, 0.1) is 9.82 Å². The minimum atomic E-state index is -4.02. The van der Waals surface area contributed by atoms with Crippen molar-refractivity contribution < 1.29 is 18.1 Å². The maximum absolute atomic E-state index is 12.0. The van der Waals surface area contributed by atoms with Crippen molar-refractivity contribution in [3.8, 4) is 0 Å². The van der Waals surface area contributed by atoms with E-state index in [1.807, 2.05) is 4.72 Å². The molecule has 120 valence electrons. The van der Waals surface area contributed by atoms with Crippen LogP contribution in [0.1, 0.15) is 5.56 Å². The fraction of sp³-hybridized carbons (Fsp3) is 0.0769. The molecule has 0 saturated heterocycles. The van der Waals surface area contributed by atoms with Crippen molar-refractivity contribution in [3.63, 3.8) is 0 Å². The molecule has 0 spiro atoms. The summed E-state index contributed by atoms with van der Waals surface area (Å²) in [6.07, 6.45) is 0.948. The number of benzene rings is 1. The Balaban J connectivity index is 2.06. The number of nitro groups is 1. The molecule has 2 amide bonds. The second-order valence-electron chi connectivity index (χ2n) is 4.53. The van der Waals surface area contributed by atoms with Crippen molar-refractivity contribution in [2.45, 2.75) is 11.8 Å². The van der Waals surface area contributed by atoms with Crippen LogP contribution in [0.5, 0.6) is 0 Å². The Labute approximate surface area is 131 Å². The number of hydrogen-bond donors (Lipinski definition) is 2. The molecule has 0 unspecified atom stereocenters. The Morgan fingerprint density at radius 3 is 2.35 bits per heavy atom. The first-order valence-corrected chi connectivity index (χ1v) is 7.77. The molecule has 0 aliphatic rings. The second-order valence-corrected chi connectivity index (χ2v) is 6.21. The fourth-order valence-corrected chi connectivity index (χ4v) is 2.52. The molecule has 9 nitrogen and oxygen atoms in total. The predicted octanol–water partition coefficient (Wildman–Crippen LogP) is 1.81. The molecule has 10 heteroatoms. The highest BCUT2D eigenvalue weighted by molar-refractivity contribution is 7.90. The molecule has 23 heavy (non-hydrogen) atoms. The van der Waals surface area contributed by atoms with Gasteiger partial charge in [0.1, 0.15) is 12.0 Å². The first kappa shape index (κ1) is 16.4. The van der Waals surface area contributed by atoms with Crippen LogP contribution in [0.15, 0.2) is 47.5 Å². The van der Waals surface area contributed by atoms with E-state index < -0.39 is 21.0 Å². The lowest BCUT2D eigenvalue weighted by Gasteiger charge is -2.08. The van der Waals surface area contributed by atoms with Gasteiger partial charge in [0.2, 0.25) is 0 Å². The van der Waals surface area contributed by atoms with Crippen LogP contribution in [0.25, 0.3) is 0 Å². The van der Waals surface area contributed by atoms with Crippen LogP contribution in [0.2, 0.25) is 0 Å². The van der Waals surface area contributed by atoms with Gasteiger partial charge >= 0.3 is 6.03 Å². The lowest BCUT2D eigenvalue weighted by atomic mass is 10.2. The van der Waals surface area contributed by atoms with E-state index in [1.165, 1.54) is 18.2 Å². The average Bonchev–Trinajstić information content (AvgIpc) is 2.47. The summed E-state index contributed by atoms with van der Waals surface area (Å²) in [6, 6.07) is 7.25. The van der Waals surface area contributed by atoms with Crippen molar-refractivity contribution in [2.75, 3.05) is 5.32 Å². The van der Waals surface area contributed by atoms with E-state index in [0.717, 1.165) is 17.8 Å². The van der Waals surface area contributed by atoms with E-state index in [4.69, 9.17) is 0 Å². The van der Waals surface area contributed by atoms with Crippen molar-refractivity contribution >= 4 is 27.6 Å². The highest BCUT2D eigenvalue weighted by atomic mass is 32.2. The number of rotatable bonds is 4. The first-order valence-electron chi connectivity index (χ1n) is 6.29. The van der Waals surface area contributed by atoms with E-state index in [9.17, 15) is 23.3 Å². The molecule has 0 atom stereocenters. The Bertz CT molecular complexity index is 832. The molecule has 0 radical (unpaired) electrons. The third-order valence-corrected chi connectivity index (χ3v) is 4.11. The summed E-state index contributed by atoms with van der Waals surface area (Å²) in [4.78, 5) is 25.1. The third-order valence-electron chi connectivity index (χ3n) is 2.76. The monoisotopic (exact) mass is 336 g/mol. The lowest BCUT2D eigenvalue weighted by Crippen LogP contribution is -2.34. The van der Waals surface area contributed by atoms with Crippen LogP contribution in [0, 0.1) is 17.0 Å². The summed E-state index contributed by atoms with van der Waals surface area (Å²) in [5, 5.41) is 12.7. The van der Waals surface area contributed by atoms with Gasteiger partial charge < -0.3 is 0 Å². The molecular formula is C13H12N4O5S. The summed E-state index contributed by atoms with van der Waals surface area (Å²) < 4.78 is 25.8. The molecule has 0 aliphatic carbocycles. The summed E-state index contributed by atoms with van der Waals surface area (Å²) in [5.41, 5.74) is 0.631. The quantitative estimate of drug-likeness (QED) is 0.646. The predicted molar refractivity (Wildman–Crippen MR) is 81.4 cm³/mol. The highest BCUT2D eigenvalue weighted by Crippen LogP contribution is 2.13. The van der Waals surface area contributed by atoms with Crippen LogP contribution in [-0.2, 0) is 10.0 Å². The molecule has 1 aromatic carbocycles. The maximum atomic E-state index is 12.0. The normalized spacial score (nSPS) is 10.8. The minimum Gasteiger partial charge on any atom is -0.292 e. The number of urea groups is 1. The Morgan fingerprint density at radius 2 is 1.83 bits per heavy atom. The third kappa shape index (κ3) is 4.23. The number of sulfonamides is 1. The second kappa shape index (κ2) is 6.40. The Kier molecular flexibility index (Phi) is 4.55. The number of carbonyl (C=O) groups excluding carboxylic acids is 1. The number of carbonyl (C=O) groups is 1. The van der Waals surface area contributed by atoms with Gasteiger partial charge in [-0.25, -0.2) is 22.9 Å². The minimum absolute atomic E-state index is 0.0211. The van der Waals surface area contributed by atoms with E-state index in [0.29, 0.717) is 0 Å². The topological polar surface area (TPSA) is 131 Å². The highest BCUT2D eigenvalue weighted by Gasteiger charge is 2.17. The summed E-state index contributed by atoms with van der Waals surface area (Å²) in [6.45, 7) is 1.80. The summed E-state index contributed by atoms with van der Waals surface area (Å²) in [5.74, 6) is -0.0211. The van der Waals surface area contributed by atoms with Crippen LogP contribution in [0.3, 0.4) is 0 Å². The number of nitrogens with one attached hydrogen (secondary N) is 2. The molecule has 2 aromatic rings. The zero-order chi connectivity index (χ0) is 17.0. The van der Waals surface area contributed by atoms with Crippen LogP contribution in [0.4, 0.5) is 16.3 Å². The number of amides is 2. The van der Waals surface area contributed by atoms with Gasteiger partial charge in [-0.3, -0.25) is 15.4 Å². The Hall–Kier alpha value is -3.01. The zero-order valence-corrected chi connectivity index (χ0v) is 12.7. The molecule has 1 aromatic heterocycles. The molecule has 0 aliphatic heterocycles. The molecular weight excluding hydrogens is 324 g/mol. The van der Waals surface area contributed by atoms with Gasteiger partial charge in [-0.15, -0.1) is 0 Å². The summed E-state index contributed by atoms with van der Waals surface area (Å²) >= 11 is 0. The molecule has 0 fully saturated rings. The molecule has 0 saturated carbocycles. The maximum Gasteiger partial charge on any atom is 0.334 e. The van der Waals surface area contributed by atoms with Gasteiger partial charge in [-0.2, -0.15) is 0 Å². The number of aromatic nitrogens is 1. The van der Waals surface area contributed by atoms with Gasteiger partial charge in [-0.1, -0.05) is 17.7 Å². The zero-order valence-electron chi connectivity index (χ0n) is 11.9. The van der Waals surface area contributed by atoms with E-state index in [-0.39, 0.29) is 16.4 Å². The average molecular weight is 336 g/mol. The number of anilines is 1. The number of pyridine rings is 1. The van der Waals surface area contributed by atoms with Crippen LogP contribution < -0.4 is 10.0 Å². The van der Waals surface area contributed by atoms with Gasteiger partial charge in [0, 0.05) is 6.07 Å². The summed E-state index contributed by atoms with van der Waals surface area (Å²) in [7, 11) is -4.02. The van der Waals surface area contributed by atoms with Crippen molar-refractivity contribution in [1.82, 2.24) is 9.71 Å². The van der Waals surface area contributed by atoms with E-state index in [1.54, 1.807) is 19.1 Å². The lowest BCUT2D eigenvalue weighted by molar-refractivity contribution is -0.385. The molecule has 1 heterocycles. The fourth-order valence-electron chi connectivity index (χ4n) is 1.61. The SMILES string of the molecule is Cc1ccc(S(=O)(=O)NC(=O)Nc2ccc([N+](=O)[O-])cn2)cc1. The standard InChI is InChI=1S/C13H12N4O5S/c1-9-2-5-11(6-3-9)23(21,22)16-13(18)15-12-7-4-10(8-14-12)17(19)20/h2-8H,1H3,(H2,14,15,16,18). The van der Waals surface area contributed by atoms with Gasteiger partial charge in [0.15, 0.2) is 0 Å². The molecule has 2 rings (SSSR count). The number of nitrogens with zero attached hydrogens (tertiary/aromatic N) is 2. The largest absolute Gasteiger partial charge is 0.334 e. The van der Waals surface area contributed by atoms with Crippen molar-refractivity contribution in [2.24, 2.45) is 0 Å². The molecule has 0 bridgehead atoms. The Morgan fingerprint density at radius 1 is 1.17 bits per heavy atom. The van der Waals surface area contributed by atoms with Gasteiger partial charge in [0.25, 0.3) is 15.7 Å².